The first kappa shape index (κ1) is 27.4. The van der Waals surface area contributed by atoms with Gasteiger partial charge >= 0.3 is 5.69 Å². The Balaban J connectivity index is 1.15. The first-order chi connectivity index (χ1) is 20.1. The molecule has 1 atom stereocenters. The zero-order valence-corrected chi connectivity index (χ0v) is 24.2. The zero-order valence-electron chi connectivity index (χ0n) is 24.2. The summed E-state index contributed by atoms with van der Waals surface area (Å²) in [7, 11) is 3.35. The van der Waals surface area contributed by atoms with Crippen LogP contribution in [-0.4, -0.2) is 52.9 Å². The number of rotatable bonds is 9. The van der Waals surface area contributed by atoms with E-state index in [9.17, 15) is 9.59 Å². The van der Waals surface area contributed by atoms with Crippen LogP contribution in [0, 0.1) is 0 Å². The maximum Gasteiger partial charge on any atom is 0.331 e. The molecule has 8 heteroatoms. The van der Waals surface area contributed by atoms with E-state index in [2.05, 4.69) is 28.2 Å². The van der Waals surface area contributed by atoms with Gasteiger partial charge in [0.2, 0.25) is 0 Å². The first-order valence-electron chi connectivity index (χ1n) is 15.0. The van der Waals surface area contributed by atoms with Crippen LogP contribution in [0.1, 0.15) is 55.7 Å². The van der Waals surface area contributed by atoms with Crippen LogP contribution < -0.4 is 20.7 Å². The molecule has 1 unspecified atom stereocenters. The van der Waals surface area contributed by atoms with Gasteiger partial charge in [-0.2, -0.15) is 0 Å². The summed E-state index contributed by atoms with van der Waals surface area (Å²) in [6.45, 7) is 4.19. The van der Waals surface area contributed by atoms with Crippen LogP contribution in [0.15, 0.2) is 58.3 Å². The van der Waals surface area contributed by atoms with Crippen LogP contribution >= 0.6 is 0 Å². The van der Waals surface area contributed by atoms with E-state index in [0.29, 0.717) is 24.6 Å². The van der Waals surface area contributed by atoms with Gasteiger partial charge in [-0.05, 0) is 105 Å². The Morgan fingerprint density at radius 3 is 2.49 bits per heavy atom. The molecule has 6 rings (SSSR count). The van der Waals surface area contributed by atoms with Crippen molar-refractivity contribution >= 4 is 10.9 Å². The normalized spacial score (nSPS) is 17.5. The number of fused-ring (bicyclic) bond motifs is 2. The van der Waals surface area contributed by atoms with Gasteiger partial charge in [0.05, 0.1) is 19.8 Å². The average Bonchev–Trinajstić information content (AvgIpc) is 3.44. The molecule has 1 N–H and O–H groups in total. The number of aromatic nitrogens is 3. The molecule has 0 radical (unpaired) electrons. The van der Waals surface area contributed by atoms with E-state index < -0.39 is 0 Å². The highest BCUT2D eigenvalue weighted by atomic mass is 16.5. The minimum absolute atomic E-state index is 0.158. The number of nitrogens with zero attached hydrogens (tertiary/aromatic N) is 3. The number of ether oxygens (including phenoxy) is 2. The van der Waals surface area contributed by atoms with Gasteiger partial charge in [-0.15, -0.1) is 0 Å². The second kappa shape index (κ2) is 12.0. The summed E-state index contributed by atoms with van der Waals surface area (Å²) in [5, 5.41) is 1.25. The second-order valence-corrected chi connectivity index (χ2v) is 11.4. The highest BCUT2D eigenvalue weighted by Gasteiger charge is 2.25. The molecule has 41 heavy (non-hydrogen) atoms. The lowest BCUT2D eigenvalue weighted by molar-refractivity contribution is 0.204. The van der Waals surface area contributed by atoms with E-state index in [1.165, 1.54) is 21.9 Å². The van der Waals surface area contributed by atoms with Crippen molar-refractivity contribution in [3.05, 3.63) is 80.8 Å². The predicted molar refractivity (Wildman–Crippen MR) is 162 cm³/mol. The Hall–Kier alpha value is -3.78. The van der Waals surface area contributed by atoms with E-state index in [4.69, 9.17) is 9.47 Å². The number of methoxy groups -OCH3 is 2. The molecular weight excluding hydrogens is 516 g/mol. The summed E-state index contributed by atoms with van der Waals surface area (Å²) in [5.41, 5.74) is 4.58. The maximum atomic E-state index is 13.7. The molecule has 0 spiro atoms. The molecule has 0 aliphatic carbocycles. The average molecular weight is 557 g/mol. The number of piperidine rings is 1. The van der Waals surface area contributed by atoms with E-state index in [1.807, 2.05) is 34.9 Å². The fourth-order valence-corrected chi connectivity index (χ4v) is 6.74. The van der Waals surface area contributed by atoms with Crippen molar-refractivity contribution in [3.63, 3.8) is 0 Å². The summed E-state index contributed by atoms with van der Waals surface area (Å²) in [4.78, 5) is 33.1. The summed E-state index contributed by atoms with van der Waals surface area (Å²) in [6, 6.07) is 13.8. The third-order valence-electron chi connectivity index (χ3n) is 8.93. The molecule has 2 aromatic carbocycles. The summed E-state index contributed by atoms with van der Waals surface area (Å²) >= 11 is 0. The molecule has 0 amide bonds. The molecule has 1 fully saturated rings. The molecule has 4 aromatic rings. The van der Waals surface area contributed by atoms with Gasteiger partial charge in [0.1, 0.15) is 11.5 Å². The van der Waals surface area contributed by atoms with Crippen molar-refractivity contribution in [2.75, 3.05) is 33.9 Å². The van der Waals surface area contributed by atoms with E-state index in [0.717, 1.165) is 86.4 Å². The van der Waals surface area contributed by atoms with Crippen molar-refractivity contribution in [2.45, 2.75) is 64.0 Å². The number of unbranched alkanes of at least 4 members (excludes halogenated alkanes) is 1. The lowest BCUT2D eigenvalue weighted by Gasteiger charge is -2.32. The van der Waals surface area contributed by atoms with Crippen molar-refractivity contribution < 1.29 is 9.47 Å². The fraction of sp³-hybridized carbons (Fsp3) is 0.455. The Labute approximate surface area is 240 Å². The van der Waals surface area contributed by atoms with Crippen LogP contribution in [0.3, 0.4) is 0 Å². The topological polar surface area (TPSA) is 81.5 Å². The van der Waals surface area contributed by atoms with Crippen molar-refractivity contribution in [1.29, 1.82) is 0 Å². The van der Waals surface area contributed by atoms with Crippen molar-refractivity contribution in [1.82, 2.24) is 19.0 Å². The lowest BCUT2D eigenvalue weighted by atomic mass is 9.90. The Kier molecular flexibility index (Phi) is 8.01. The number of aromatic amines is 1. The molecule has 2 aliphatic rings. The SMILES string of the molecule is COc1ccc(-c2c3n(c(=O)n(CCCCN4CCCC(c5c[nH]c6ccc(OC)cc56)C4)c2=O)CCCC3)cc1. The number of nitrogens with one attached hydrogen (secondary N) is 1. The molecule has 4 heterocycles. The first-order valence-corrected chi connectivity index (χ1v) is 15.0. The summed E-state index contributed by atoms with van der Waals surface area (Å²) in [5.74, 6) is 2.11. The van der Waals surface area contributed by atoms with Gasteiger partial charge in [-0.25, -0.2) is 4.79 Å². The molecule has 2 aliphatic heterocycles. The summed E-state index contributed by atoms with van der Waals surface area (Å²) < 4.78 is 14.1. The molecule has 0 bridgehead atoms. The molecule has 216 valence electrons. The van der Waals surface area contributed by atoms with Crippen molar-refractivity contribution in [2.24, 2.45) is 0 Å². The molecule has 8 nitrogen and oxygen atoms in total. The van der Waals surface area contributed by atoms with Gasteiger partial charge < -0.3 is 19.4 Å². The van der Waals surface area contributed by atoms with Crippen LogP contribution in [0.2, 0.25) is 0 Å². The second-order valence-electron chi connectivity index (χ2n) is 11.4. The zero-order chi connectivity index (χ0) is 28.3. The number of hydrogen-bond donors (Lipinski definition) is 1. The van der Waals surface area contributed by atoms with Crippen LogP contribution in [0.25, 0.3) is 22.0 Å². The number of hydrogen-bond acceptors (Lipinski definition) is 5. The molecule has 1 saturated heterocycles. The highest BCUT2D eigenvalue weighted by molar-refractivity contribution is 5.85. The lowest BCUT2D eigenvalue weighted by Crippen LogP contribution is -2.44. The summed E-state index contributed by atoms with van der Waals surface area (Å²) in [6.07, 6.45) is 8.96. The molecular formula is C33H40N4O4. The maximum absolute atomic E-state index is 13.7. The van der Waals surface area contributed by atoms with Gasteiger partial charge in [0.25, 0.3) is 5.56 Å². The monoisotopic (exact) mass is 556 g/mol. The Bertz CT molecular complexity index is 1630. The van der Waals surface area contributed by atoms with Gasteiger partial charge in [-0.1, -0.05) is 12.1 Å². The predicted octanol–water partition coefficient (Wildman–Crippen LogP) is 5.17. The van der Waals surface area contributed by atoms with Crippen LogP contribution in [-0.2, 0) is 19.5 Å². The van der Waals surface area contributed by atoms with Crippen LogP contribution in [0.5, 0.6) is 11.5 Å². The fourth-order valence-electron chi connectivity index (χ4n) is 6.74. The van der Waals surface area contributed by atoms with Crippen molar-refractivity contribution in [3.8, 4) is 22.6 Å². The quantitative estimate of drug-likeness (QED) is 0.288. The van der Waals surface area contributed by atoms with E-state index >= 15 is 0 Å². The third-order valence-corrected chi connectivity index (χ3v) is 8.93. The van der Waals surface area contributed by atoms with Crippen LogP contribution in [0.4, 0.5) is 0 Å². The minimum atomic E-state index is -0.166. The smallest absolute Gasteiger partial charge is 0.331 e. The number of benzene rings is 2. The van der Waals surface area contributed by atoms with Gasteiger partial charge in [0, 0.05) is 42.4 Å². The minimum Gasteiger partial charge on any atom is -0.497 e. The van der Waals surface area contributed by atoms with Gasteiger partial charge in [0.15, 0.2) is 0 Å². The van der Waals surface area contributed by atoms with Gasteiger partial charge in [-0.3, -0.25) is 13.9 Å². The Morgan fingerprint density at radius 1 is 0.902 bits per heavy atom. The molecule has 2 aromatic heterocycles. The van der Waals surface area contributed by atoms with E-state index in [1.54, 1.807) is 14.2 Å². The largest absolute Gasteiger partial charge is 0.497 e. The highest BCUT2D eigenvalue weighted by Crippen LogP contribution is 2.34. The molecule has 0 saturated carbocycles. The third kappa shape index (κ3) is 5.45. The number of H-pyrrole nitrogens is 1. The Morgan fingerprint density at radius 2 is 1.68 bits per heavy atom. The standard InChI is InChI=1S/C33H40N4O4/c1-40-25-12-10-23(11-13-25)31-30-9-3-4-18-36(30)33(39)37(32(31)38)19-6-5-16-35-17-7-8-24(22-35)28-21-34-29-15-14-26(41-2)20-27(28)29/h10-15,20-21,24,34H,3-9,16-19,22H2,1-2H3. The number of likely N-dealkylation sites (tertiary alicyclic amines) is 1. The van der Waals surface area contributed by atoms with E-state index in [-0.39, 0.29) is 11.2 Å².